The topological polar surface area (TPSA) is 41.1 Å². The Kier molecular flexibility index (Phi) is 4.58. The van der Waals surface area contributed by atoms with Crippen molar-refractivity contribution in [1.29, 1.82) is 0 Å². The Hall–Kier alpha value is -2.07. The van der Waals surface area contributed by atoms with E-state index in [0.29, 0.717) is 22.8 Å². The van der Waals surface area contributed by atoms with Crippen molar-refractivity contribution in [2.45, 2.75) is 13.5 Å². The molecule has 0 radical (unpaired) electrons. The first-order valence-electron chi connectivity index (χ1n) is 6.10. The summed E-state index contributed by atoms with van der Waals surface area (Å²) in [6.07, 6.45) is 0. The summed E-state index contributed by atoms with van der Waals surface area (Å²) < 4.78 is 13.5. The summed E-state index contributed by atoms with van der Waals surface area (Å²) in [6, 6.07) is 11.7. The Morgan fingerprint density at radius 1 is 1.25 bits per heavy atom. The Morgan fingerprint density at radius 3 is 2.65 bits per heavy atom. The van der Waals surface area contributed by atoms with Crippen LogP contribution in [0, 0.1) is 5.82 Å². The molecular weight excluding hydrogens is 279 g/mol. The molecule has 5 heteroatoms. The SMILES string of the molecule is CC(=O)Nc1ccc(NCc2ccccc2F)cc1Cl. The van der Waals surface area contributed by atoms with E-state index in [1.54, 1.807) is 36.4 Å². The van der Waals surface area contributed by atoms with Crippen LogP contribution in [0.15, 0.2) is 42.5 Å². The summed E-state index contributed by atoms with van der Waals surface area (Å²) in [5.41, 5.74) is 1.89. The number of carbonyl (C=O) groups excluding carboxylic acids is 1. The van der Waals surface area contributed by atoms with E-state index in [9.17, 15) is 9.18 Å². The molecule has 0 fully saturated rings. The summed E-state index contributed by atoms with van der Waals surface area (Å²) in [5.74, 6) is -0.431. The van der Waals surface area contributed by atoms with Crippen molar-refractivity contribution < 1.29 is 9.18 Å². The summed E-state index contributed by atoms with van der Waals surface area (Å²) in [4.78, 5) is 11.0. The minimum Gasteiger partial charge on any atom is -0.381 e. The van der Waals surface area contributed by atoms with Crippen molar-refractivity contribution in [2.75, 3.05) is 10.6 Å². The third-order valence-corrected chi connectivity index (χ3v) is 3.03. The highest BCUT2D eigenvalue weighted by molar-refractivity contribution is 6.34. The molecule has 0 unspecified atom stereocenters. The van der Waals surface area contributed by atoms with Crippen molar-refractivity contribution in [3.63, 3.8) is 0 Å². The third-order valence-electron chi connectivity index (χ3n) is 2.72. The fourth-order valence-corrected chi connectivity index (χ4v) is 1.98. The van der Waals surface area contributed by atoms with Gasteiger partial charge in [0.2, 0.25) is 5.91 Å². The summed E-state index contributed by atoms with van der Waals surface area (Å²) in [5, 5.41) is 6.14. The maximum atomic E-state index is 13.5. The lowest BCUT2D eigenvalue weighted by atomic mass is 10.2. The number of hydrogen-bond acceptors (Lipinski definition) is 2. The number of anilines is 2. The van der Waals surface area contributed by atoms with Crippen LogP contribution < -0.4 is 10.6 Å². The van der Waals surface area contributed by atoms with E-state index in [0.717, 1.165) is 5.69 Å². The van der Waals surface area contributed by atoms with Gasteiger partial charge in [-0.1, -0.05) is 29.8 Å². The van der Waals surface area contributed by atoms with E-state index in [1.165, 1.54) is 13.0 Å². The van der Waals surface area contributed by atoms with Gasteiger partial charge in [-0.25, -0.2) is 4.39 Å². The lowest BCUT2D eigenvalue weighted by molar-refractivity contribution is -0.114. The van der Waals surface area contributed by atoms with Gasteiger partial charge in [-0.15, -0.1) is 0 Å². The van der Waals surface area contributed by atoms with Gasteiger partial charge in [0.15, 0.2) is 0 Å². The van der Waals surface area contributed by atoms with Crippen LogP contribution in [0.2, 0.25) is 5.02 Å². The monoisotopic (exact) mass is 292 g/mol. The first-order chi connectivity index (χ1) is 9.56. The largest absolute Gasteiger partial charge is 0.381 e. The average molecular weight is 293 g/mol. The van der Waals surface area contributed by atoms with E-state index >= 15 is 0 Å². The third kappa shape index (κ3) is 3.71. The fourth-order valence-electron chi connectivity index (χ4n) is 1.76. The molecule has 0 aliphatic heterocycles. The van der Waals surface area contributed by atoms with Crippen LogP contribution in [-0.2, 0) is 11.3 Å². The Morgan fingerprint density at radius 2 is 2.00 bits per heavy atom. The molecular formula is C15H14ClFN2O. The first kappa shape index (κ1) is 14.3. The highest BCUT2D eigenvalue weighted by Gasteiger charge is 2.04. The number of nitrogens with one attached hydrogen (secondary N) is 2. The normalized spacial score (nSPS) is 10.2. The summed E-state index contributed by atoms with van der Waals surface area (Å²) in [6.45, 7) is 1.78. The molecule has 3 nitrogen and oxygen atoms in total. The van der Waals surface area contributed by atoms with Crippen LogP contribution in [0.1, 0.15) is 12.5 Å². The van der Waals surface area contributed by atoms with Gasteiger partial charge in [-0.05, 0) is 24.3 Å². The van der Waals surface area contributed by atoms with Gasteiger partial charge in [0.25, 0.3) is 0 Å². The fraction of sp³-hybridized carbons (Fsp3) is 0.133. The molecule has 1 amide bonds. The second-order valence-corrected chi connectivity index (χ2v) is 4.73. The van der Waals surface area contributed by atoms with Gasteiger partial charge in [0.1, 0.15) is 5.82 Å². The number of amides is 1. The van der Waals surface area contributed by atoms with Crippen molar-refractivity contribution in [1.82, 2.24) is 0 Å². The minimum atomic E-state index is -0.249. The van der Waals surface area contributed by atoms with Crippen LogP contribution in [0.3, 0.4) is 0 Å². The van der Waals surface area contributed by atoms with Crippen LogP contribution >= 0.6 is 11.6 Å². The lowest BCUT2D eigenvalue weighted by Crippen LogP contribution is -2.07. The molecule has 0 spiro atoms. The standard InChI is InChI=1S/C15H14ClFN2O/c1-10(20)19-15-7-6-12(8-13(15)16)18-9-11-4-2-3-5-14(11)17/h2-8,18H,9H2,1H3,(H,19,20). The minimum absolute atomic E-state index is 0.182. The van der Waals surface area contributed by atoms with Crippen LogP contribution in [0.25, 0.3) is 0 Å². The molecule has 0 saturated heterocycles. The van der Waals surface area contributed by atoms with E-state index < -0.39 is 0 Å². The van der Waals surface area contributed by atoms with Gasteiger partial charge in [-0.2, -0.15) is 0 Å². The van der Waals surface area contributed by atoms with Gasteiger partial charge in [-0.3, -0.25) is 4.79 Å². The number of benzene rings is 2. The summed E-state index contributed by atoms with van der Waals surface area (Å²) in [7, 11) is 0. The zero-order chi connectivity index (χ0) is 14.5. The highest BCUT2D eigenvalue weighted by Crippen LogP contribution is 2.25. The second kappa shape index (κ2) is 6.39. The maximum Gasteiger partial charge on any atom is 0.221 e. The molecule has 0 aliphatic rings. The van der Waals surface area contributed by atoms with Gasteiger partial charge < -0.3 is 10.6 Å². The van der Waals surface area contributed by atoms with Crippen LogP contribution in [0.4, 0.5) is 15.8 Å². The van der Waals surface area contributed by atoms with Gasteiger partial charge in [0, 0.05) is 24.7 Å². The Labute approximate surface area is 121 Å². The highest BCUT2D eigenvalue weighted by atomic mass is 35.5. The molecule has 0 saturated carbocycles. The second-order valence-electron chi connectivity index (χ2n) is 4.32. The molecule has 2 rings (SSSR count). The number of carbonyl (C=O) groups is 1. The molecule has 2 aromatic rings. The van der Waals surface area contributed by atoms with E-state index in [4.69, 9.17) is 11.6 Å². The van der Waals surface area contributed by atoms with Crippen molar-refractivity contribution in [2.24, 2.45) is 0 Å². The number of rotatable bonds is 4. The predicted octanol–water partition coefficient (Wildman–Crippen LogP) is 4.05. The van der Waals surface area contributed by atoms with Crippen molar-refractivity contribution in [3.8, 4) is 0 Å². The average Bonchev–Trinajstić information content (AvgIpc) is 2.40. The number of halogens is 2. The molecule has 0 bridgehead atoms. The van der Waals surface area contributed by atoms with Gasteiger partial charge in [0.05, 0.1) is 10.7 Å². The maximum absolute atomic E-state index is 13.5. The molecule has 2 aromatic carbocycles. The van der Waals surface area contributed by atoms with Crippen molar-refractivity contribution >= 4 is 28.9 Å². The van der Waals surface area contributed by atoms with E-state index in [1.807, 2.05) is 0 Å². The zero-order valence-electron chi connectivity index (χ0n) is 10.9. The molecule has 0 aromatic heterocycles. The Balaban J connectivity index is 2.06. The van der Waals surface area contributed by atoms with E-state index in [-0.39, 0.29) is 11.7 Å². The summed E-state index contributed by atoms with van der Waals surface area (Å²) >= 11 is 6.06. The molecule has 0 aliphatic carbocycles. The van der Waals surface area contributed by atoms with Gasteiger partial charge >= 0.3 is 0 Å². The molecule has 104 valence electrons. The number of hydrogen-bond donors (Lipinski definition) is 2. The first-order valence-corrected chi connectivity index (χ1v) is 6.48. The molecule has 0 atom stereocenters. The molecule has 2 N–H and O–H groups in total. The molecule has 0 heterocycles. The van der Waals surface area contributed by atoms with Crippen LogP contribution in [-0.4, -0.2) is 5.91 Å². The van der Waals surface area contributed by atoms with E-state index in [2.05, 4.69) is 10.6 Å². The predicted molar refractivity (Wildman–Crippen MR) is 79.5 cm³/mol. The van der Waals surface area contributed by atoms with Crippen LogP contribution in [0.5, 0.6) is 0 Å². The molecule has 20 heavy (non-hydrogen) atoms. The quantitative estimate of drug-likeness (QED) is 0.892. The zero-order valence-corrected chi connectivity index (χ0v) is 11.7. The lowest BCUT2D eigenvalue weighted by Gasteiger charge is -2.10. The smallest absolute Gasteiger partial charge is 0.221 e. The Bertz CT molecular complexity index is 631. The van der Waals surface area contributed by atoms with Crippen molar-refractivity contribution in [3.05, 3.63) is 58.9 Å².